The first-order valence-electron chi connectivity index (χ1n) is 6.49. The van der Waals surface area contributed by atoms with E-state index in [1.807, 2.05) is 19.1 Å². The summed E-state index contributed by atoms with van der Waals surface area (Å²) in [6.07, 6.45) is 0. The van der Waals surface area contributed by atoms with Crippen LogP contribution in [0.5, 0.6) is 11.5 Å². The Morgan fingerprint density at radius 1 is 1.33 bits per heavy atom. The average molecular weight is 320 g/mol. The number of aryl methyl sites for hydroxylation is 1. The fourth-order valence-electron chi connectivity index (χ4n) is 1.87. The van der Waals surface area contributed by atoms with Crippen molar-refractivity contribution in [2.45, 2.75) is 27.3 Å². The minimum atomic E-state index is -2.88. The van der Waals surface area contributed by atoms with Gasteiger partial charge in [0, 0.05) is 5.56 Å². The molecule has 0 saturated carbocycles. The minimum absolute atomic E-state index is 0.251. The average Bonchev–Trinajstić information content (AvgIpc) is 2.48. The maximum absolute atomic E-state index is 9.74. The predicted molar refractivity (Wildman–Crippen MR) is 75.1 cm³/mol. The molecule has 8 heteroatoms. The molecular formula is C13H22NO6S-. The lowest BCUT2D eigenvalue weighted by Crippen LogP contribution is -3.10. The van der Waals surface area contributed by atoms with Gasteiger partial charge in [-0.3, -0.25) is 0 Å². The lowest BCUT2D eigenvalue weighted by atomic mass is 10.1. The van der Waals surface area contributed by atoms with Gasteiger partial charge in [-0.1, -0.05) is 0 Å². The van der Waals surface area contributed by atoms with Crippen LogP contribution in [0, 0.1) is 6.92 Å². The summed E-state index contributed by atoms with van der Waals surface area (Å²) in [5.74, 6) is 0.822. The maximum atomic E-state index is 9.74. The zero-order valence-corrected chi connectivity index (χ0v) is 13.5. The molecule has 0 aliphatic rings. The first kappa shape index (κ1) is 19.8. The Kier molecular flexibility index (Phi) is 9.93. The SMILES string of the molecule is CC[NH+](CC)Cc1cc(C)c(O)c(OC)c1.O=S([O-])O[O-]. The zero-order valence-electron chi connectivity index (χ0n) is 12.7. The number of hydrogen-bond acceptors (Lipinski definition) is 6. The molecule has 2 N–H and O–H groups in total. The van der Waals surface area contributed by atoms with Crippen molar-refractivity contribution < 1.29 is 33.1 Å². The molecule has 0 spiro atoms. The Bertz CT molecular complexity index is 451. The molecule has 0 aromatic heterocycles. The van der Waals surface area contributed by atoms with Gasteiger partial charge in [-0.15, -0.1) is 0 Å². The molecule has 0 heterocycles. The van der Waals surface area contributed by atoms with Gasteiger partial charge in [-0.25, -0.2) is 4.21 Å². The Morgan fingerprint density at radius 3 is 2.24 bits per heavy atom. The van der Waals surface area contributed by atoms with Gasteiger partial charge in [0.25, 0.3) is 0 Å². The van der Waals surface area contributed by atoms with E-state index in [9.17, 15) is 5.11 Å². The van der Waals surface area contributed by atoms with Crippen molar-refractivity contribution in [1.29, 1.82) is 0 Å². The summed E-state index contributed by atoms with van der Waals surface area (Å²) in [5, 5.41) is 18.3. The summed E-state index contributed by atoms with van der Waals surface area (Å²) in [6, 6.07) is 3.96. The van der Waals surface area contributed by atoms with Crippen LogP contribution >= 0.6 is 0 Å². The van der Waals surface area contributed by atoms with Gasteiger partial charge in [-0.05, 0) is 38.5 Å². The number of hydrogen-bond donors (Lipinski definition) is 2. The third kappa shape index (κ3) is 7.39. The molecule has 7 nitrogen and oxygen atoms in total. The normalized spacial score (nSPS) is 11.8. The number of methoxy groups -OCH3 is 1. The van der Waals surface area contributed by atoms with E-state index in [0.717, 1.165) is 25.2 Å². The molecule has 0 aliphatic heterocycles. The molecular weight excluding hydrogens is 298 g/mol. The molecule has 1 unspecified atom stereocenters. The fraction of sp³-hybridized carbons (Fsp3) is 0.538. The molecule has 1 aromatic rings. The quantitative estimate of drug-likeness (QED) is 0.404. The first-order valence-corrected chi connectivity index (χ1v) is 7.49. The van der Waals surface area contributed by atoms with Crippen LogP contribution in [0.4, 0.5) is 0 Å². The number of phenols is 1. The van der Waals surface area contributed by atoms with Crippen LogP contribution in [0.25, 0.3) is 0 Å². The van der Waals surface area contributed by atoms with Crippen LogP contribution in [0.15, 0.2) is 12.1 Å². The number of aromatic hydroxyl groups is 1. The second-order valence-corrected chi connectivity index (χ2v) is 4.91. The molecule has 0 radical (unpaired) electrons. The maximum Gasteiger partial charge on any atom is 0.161 e. The van der Waals surface area contributed by atoms with Crippen LogP contribution in [0.1, 0.15) is 25.0 Å². The van der Waals surface area contributed by atoms with Gasteiger partial charge >= 0.3 is 0 Å². The smallest absolute Gasteiger partial charge is 0.161 e. The van der Waals surface area contributed by atoms with E-state index in [4.69, 9.17) is 18.8 Å². The molecule has 0 bridgehead atoms. The highest BCUT2D eigenvalue weighted by molar-refractivity contribution is 7.73. The lowest BCUT2D eigenvalue weighted by Gasteiger charge is -2.16. The van der Waals surface area contributed by atoms with Crippen LogP contribution in [0.2, 0.25) is 0 Å². The van der Waals surface area contributed by atoms with E-state index in [1.54, 1.807) is 7.11 Å². The topological polar surface area (TPSA) is 106 Å². The number of ether oxygens (including phenoxy) is 1. The Morgan fingerprint density at radius 2 is 1.86 bits per heavy atom. The van der Waals surface area contributed by atoms with Crippen molar-refractivity contribution in [3.8, 4) is 11.5 Å². The van der Waals surface area contributed by atoms with Crippen molar-refractivity contribution in [2.24, 2.45) is 0 Å². The summed E-state index contributed by atoms with van der Waals surface area (Å²) < 4.78 is 25.2. The number of benzene rings is 1. The van der Waals surface area contributed by atoms with E-state index in [-0.39, 0.29) is 5.75 Å². The van der Waals surface area contributed by atoms with Crippen LogP contribution < -0.4 is 14.9 Å². The molecule has 1 atom stereocenters. The van der Waals surface area contributed by atoms with Gasteiger partial charge in [0.15, 0.2) is 11.5 Å². The Hall–Kier alpha value is -1.19. The summed E-state index contributed by atoms with van der Waals surface area (Å²) in [4.78, 5) is 1.52. The van der Waals surface area contributed by atoms with E-state index in [0.29, 0.717) is 5.75 Å². The van der Waals surface area contributed by atoms with Crippen molar-refractivity contribution in [2.75, 3.05) is 20.2 Å². The highest BCUT2D eigenvalue weighted by Gasteiger charge is 2.10. The number of rotatable bonds is 6. The van der Waals surface area contributed by atoms with Crippen molar-refractivity contribution in [1.82, 2.24) is 0 Å². The Labute approximate surface area is 127 Å². The highest BCUT2D eigenvalue weighted by Crippen LogP contribution is 2.30. The van der Waals surface area contributed by atoms with Crippen LogP contribution in [-0.2, 0) is 22.2 Å². The summed E-state index contributed by atoms with van der Waals surface area (Å²) in [5.41, 5.74) is 2.09. The van der Waals surface area contributed by atoms with Gasteiger partial charge in [-0.2, -0.15) is 0 Å². The molecule has 0 fully saturated rings. The highest BCUT2D eigenvalue weighted by atomic mass is 32.2. The Balaban J connectivity index is 0.000000690. The third-order valence-corrected chi connectivity index (χ3v) is 3.17. The minimum Gasteiger partial charge on any atom is -0.750 e. The lowest BCUT2D eigenvalue weighted by molar-refractivity contribution is -0.910. The molecule has 1 rings (SSSR count). The van der Waals surface area contributed by atoms with Crippen molar-refractivity contribution in [3.05, 3.63) is 23.3 Å². The monoisotopic (exact) mass is 320 g/mol. The summed E-state index contributed by atoms with van der Waals surface area (Å²) >= 11 is -2.88. The molecule has 0 saturated heterocycles. The van der Waals surface area contributed by atoms with E-state index in [2.05, 4.69) is 18.2 Å². The number of nitrogens with one attached hydrogen (secondary N) is 1. The molecule has 1 aromatic carbocycles. The van der Waals surface area contributed by atoms with Crippen LogP contribution in [0.3, 0.4) is 0 Å². The van der Waals surface area contributed by atoms with Gasteiger partial charge in [0.2, 0.25) is 0 Å². The summed E-state index contributed by atoms with van der Waals surface area (Å²) in [6.45, 7) is 9.47. The molecule has 122 valence electrons. The largest absolute Gasteiger partial charge is 0.750 e. The van der Waals surface area contributed by atoms with Gasteiger partial charge < -0.3 is 28.9 Å². The summed E-state index contributed by atoms with van der Waals surface area (Å²) in [7, 11) is 1.59. The second-order valence-electron chi connectivity index (χ2n) is 4.37. The number of quaternary nitrogens is 1. The molecule has 21 heavy (non-hydrogen) atoms. The van der Waals surface area contributed by atoms with E-state index >= 15 is 0 Å². The third-order valence-electron chi connectivity index (χ3n) is 3.05. The second kappa shape index (κ2) is 10.5. The zero-order chi connectivity index (χ0) is 16.4. The van der Waals surface area contributed by atoms with E-state index in [1.165, 1.54) is 10.5 Å². The van der Waals surface area contributed by atoms with Crippen molar-refractivity contribution in [3.63, 3.8) is 0 Å². The van der Waals surface area contributed by atoms with Gasteiger partial charge in [0.05, 0.1) is 31.6 Å². The van der Waals surface area contributed by atoms with Crippen molar-refractivity contribution >= 4 is 11.4 Å². The first-order chi connectivity index (χ1) is 9.89. The van der Waals surface area contributed by atoms with Crippen LogP contribution in [-0.4, -0.2) is 34.1 Å². The molecule has 0 amide bonds. The number of phenolic OH excluding ortho intramolecular Hbond substituents is 1. The fourth-order valence-corrected chi connectivity index (χ4v) is 1.87. The van der Waals surface area contributed by atoms with Gasteiger partial charge in [0.1, 0.15) is 6.54 Å². The molecule has 0 aliphatic carbocycles. The van der Waals surface area contributed by atoms with E-state index < -0.39 is 11.4 Å². The standard InChI is InChI=1S/C13H21NO2.H2O4S/c1-5-14(6-2)9-11-7-10(3)13(15)12(8-11)16-4;1-4-5(2)3/h7-8,15H,5-6,9H2,1-4H3;1H,(H,2,3)/p-1. The predicted octanol–water partition coefficient (Wildman–Crippen LogP) is -0.794.